The molecule has 0 saturated carbocycles. The minimum absolute atomic E-state index is 0.00733. The molecular formula is C29H37ClN4O5. The third-order valence-corrected chi connectivity index (χ3v) is 7.16. The molecule has 0 atom stereocenters. The first-order chi connectivity index (χ1) is 18.8. The standard InChI is InChI=1S/C29H37ClN4O5/c1-3-4-5-12-28(35)32(15-8-10-23-9-6-7-11-27(23)39-2)19-16-31-17-20-33(21-18-31)29(36)24-13-14-25(30)26(22-24)34(37)38/h6-11,13-14,22H,3-5,12,15-21H2,1-2H3/b10-8+. The van der Waals surface area contributed by atoms with E-state index in [1.165, 1.54) is 18.2 Å². The van der Waals surface area contributed by atoms with Crippen molar-refractivity contribution in [1.82, 2.24) is 14.7 Å². The predicted molar refractivity (Wildman–Crippen MR) is 153 cm³/mol. The summed E-state index contributed by atoms with van der Waals surface area (Å²) in [4.78, 5) is 42.4. The summed E-state index contributed by atoms with van der Waals surface area (Å²) in [5.74, 6) is 0.685. The quantitative estimate of drug-likeness (QED) is 0.193. The maximum absolute atomic E-state index is 13.0. The highest BCUT2D eigenvalue weighted by Crippen LogP contribution is 2.26. The summed E-state index contributed by atoms with van der Waals surface area (Å²) in [6, 6.07) is 11.9. The maximum Gasteiger partial charge on any atom is 0.288 e. The molecule has 0 unspecified atom stereocenters. The summed E-state index contributed by atoms with van der Waals surface area (Å²) >= 11 is 5.88. The van der Waals surface area contributed by atoms with Crippen LogP contribution in [0.15, 0.2) is 48.5 Å². The van der Waals surface area contributed by atoms with E-state index in [0.717, 1.165) is 30.6 Å². The molecule has 2 aromatic carbocycles. The van der Waals surface area contributed by atoms with Crippen LogP contribution in [0.25, 0.3) is 6.08 Å². The molecule has 1 saturated heterocycles. The SMILES string of the molecule is CCCCCC(=O)N(C/C=C/c1ccccc1OC)CCN1CCN(C(=O)c2ccc(Cl)c([N+](=O)[O-])c2)CC1. The lowest BCUT2D eigenvalue weighted by molar-refractivity contribution is -0.384. The second-order valence-corrected chi connectivity index (χ2v) is 9.91. The normalized spacial score (nSPS) is 14.0. The number of para-hydroxylation sites is 1. The third kappa shape index (κ3) is 8.80. The highest BCUT2D eigenvalue weighted by atomic mass is 35.5. The first-order valence-electron chi connectivity index (χ1n) is 13.4. The number of nitro groups is 1. The monoisotopic (exact) mass is 556 g/mol. The lowest BCUT2D eigenvalue weighted by Gasteiger charge is -2.35. The summed E-state index contributed by atoms with van der Waals surface area (Å²) in [6.07, 6.45) is 7.49. The van der Waals surface area contributed by atoms with Gasteiger partial charge in [-0.25, -0.2) is 0 Å². The maximum atomic E-state index is 13.0. The van der Waals surface area contributed by atoms with E-state index in [-0.39, 0.29) is 28.1 Å². The van der Waals surface area contributed by atoms with Gasteiger partial charge in [0.15, 0.2) is 0 Å². The first kappa shape index (κ1) is 30.1. The van der Waals surface area contributed by atoms with Gasteiger partial charge in [0.1, 0.15) is 10.8 Å². The van der Waals surface area contributed by atoms with Crippen molar-refractivity contribution in [3.8, 4) is 5.75 Å². The molecule has 0 spiro atoms. The minimum Gasteiger partial charge on any atom is -0.496 e. The second-order valence-electron chi connectivity index (χ2n) is 9.50. The summed E-state index contributed by atoms with van der Waals surface area (Å²) in [5.41, 5.74) is 0.944. The van der Waals surface area contributed by atoms with E-state index in [4.69, 9.17) is 16.3 Å². The van der Waals surface area contributed by atoms with Crippen molar-refractivity contribution in [2.75, 3.05) is 52.9 Å². The molecule has 3 rings (SSSR count). The van der Waals surface area contributed by atoms with Gasteiger partial charge in [0.05, 0.1) is 12.0 Å². The van der Waals surface area contributed by atoms with Gasteiger partial charge in [-0.1, -0.05) is 61.7 Å². The molecule has 2 aromatic rings. The van der Waals surface area contributed by atoms with Gasteiger partial charge in [-0.3, -0.25) is 24.6 Å². The Kier molecular flexibility index (Phi) is 11.8. The van der Waals surface area contributed by atoms with Crippen molar-refractivity contribution in [3.05, 3.63) is 74.8 Å². The van der Waals surface area contributed by atoms with Crippen LogP contribution in [0.1, 0.15) is 48.5 Å². The Morgan fingerprint density at radius 2 is 1.87 bits per heavy atom. The fourth-order valence-electron chi connectivity index (χ4n) is 4.52. The van der Waals surface area contributed by atoms with Crippen molar-refractivity contribution < 1.29 is 19.2 Å². The Bertz CT molecular complexity index is 1160. The highest BCUT2D eigenvalue weighted by molar-refractivity contribution is 6.32. The zero-order chi connectivity index (χ0) is 28.2. The lowest BCUT2D eigenvalue weighted by atomic mass is 10.1. The van der Waals surface area contributed by atoms with E-state index in [0.29, 0.717) is 52.2 Å². The Balaban J connectivity index is 1.56. The molecule has 0 N–H and O–H groups in total. The lowest BCUT2D eigenvalue weighted by Crippen LogP contribution is -2.50. The zero-order valence-corrected chi connectivity index (χ0v) is 23.4. The topological polar surface area (TPSA) is 96.2 Å². The zero-order valence-electron chi connectivity index (χ0n) is 22.7. The Morgan fingerprint density at radius 1 is 1.13 bits per heavy atom. The van der Waals surface area contributed by atoms with Crippen molar-refractivity contribution in [3.63, 3.8) is 0 Å². The smallest absolute Gasteiger partial charge is 0.288 e. The Hall–Kier alpha value is -3.43. The number of benzene rings is 2. The average molecular weight is 557 g/mol. The van der Waals surface area contributed by atoms with Crippen molar-refractivity contribution >= 4 is 35.2 Å². The number of halogens is 1. The molecule has 9 nitrogen and oxygen atoms in total. The number of hydrogen-bond acceptors (Lipinski definition) is 6. The first-order valence-corrected chi connectivity index (χ1v) is 13.7. The van der Waals surface area contributed by atoms with Gasteiger partial charge in [0.2, 0.25) is 5.91 Å². The van der Waals surface area contributed by atoms with Gasteiger partial charge in [0.25, 0.3) is 11.6 Å². The fourth-order valence-corrected chi connectivity index (χ4v) is 4.70. The number of ether oxygens (including phenoxy) is 1. The minimum atomic E-state index is -0.585. The van der Waals surface area contributed by atoms with Crippen LogP contribution in [0, 0.1) is 10.1 Å². The molecule has 10 heteroatoms. The largest absolute Gasteiger partial charge is 0.496 e. The van der Waals surface area contributed by atoms with Crippen LogP contribution in [0.4, 0.5) is 5.69 Å². The second kappa shape index (κ2) is 15.2. The molecule has 0 bridgehead atoms. The third-order valence-electron chi connectivity index (χ3n) is 6.84. The van der Waals surface area contributed by atoms with Crippen LogP contribution >= 0.6 is 11.6 Å². The highest BCUT2D eigenvalue weighted by Gasteiger charge is 2.25. The number of carbonyl (C=O) groups excluding carboxylic acids is 2. The summed E-state index contributed by atoms with van der Waals surface area (Å²) in [5, 5.41) is 11.2. The summed E-state index contributed by atoms with van der Waals surface area (Å²) in [7, 11) is 1.64. The van der Waals surface area contributed by atoms with Crippen LogP contribution in [-0.2, 0) is 4.79 Å². The number of nitro benzene ring substituents is 1. The molecule has 0 aromatic heterocycles. The molecule has 0 radical (unpaired) electrons. The van der Waals surface area contributed by atoms with Crippen molar-refractivity contribution in [1.29, 1.82) is 0 Å². The van der Waals surface area contributed by atoms with E-state index in [2.05, 4.69) is 11.8 Å². The molecule has 1 heterocycles. The van der Waals surface area contributed by atoms with E-state index in [1.54, 1.807) is 12.0 Å². The Morgan fingerprint density at radius 3 is 2.56 bits per heavy atom. The molecule has 1 aliphatic rings. The van der Waals surface area contributed by atoms with E-state index >= 15 is 0 Å². The molecule has 2 amide bonds. The summed E-state index contributed by atoms with van der Waals surface area (Å²) < 4.78 is 5.42. The predicted octanol–water partition coefficient (Wildman–Crippen LogP) is 5.14. The van der Waals surface area contributed by atoms with Crippen molar-refractivity contribution in [2.45, 2.75) is 32.6 Å². The van der Waals surface area contributed by atoms with Gasteiger partial charge >= 0.3 is 0 Å². The van der Waals surface area contributed by atoms with Crippen molar-refractivity contribution in [2.24, 2.45) is 0 Å². The van der Waals surface area contributed by atoms with Crippen LogP contribution in [-0.4, -0.2) is 84.4 Å². The van der Waals surface area contributed by atoms with Gasteiger partial charge < -0.3 is 14.5 Å². The molecule has 1 fully saturated rings. The number of carbonyl (C=O) groups is 2. The van der Waals surface area contributed by atoms with Gasteiger partial charge in [0, 0.05) is 69.4 Å². The van der Waals surface area contributed by atoms with Crippen LogP contribution < -0.4 is 4.74 Å². The number of hydrogen-bond donors (Lipinski definition) is 0. The van der Waals surface area contributed by atoms with Gasteiger partial charge in [-0.2, -0.15) is 0 Å². The molecular weight excluding hydrogens is 520 g/mol. The van der Waals surface area contributed by atoms with Gasteiger partial charge in [-0.05, 0) is 24.6 Å². The fraction of sp³-hybridized carbons (Fsp3) is 0.448. The number of piperazine rings is 1. The van der Waals surface area contributed by atoms with E-state index in [1.807, 2.05) is 41.3 Å². The Labute approximate surface area is 235 Å². The number of nitrogens with zero attached hydrogens (tertiary/aromatic N) is 4. The van der Waals surface area contributed by atoms with E-state index < -0.39 is 4.92 Å². The number of methoxy groups -OCH3 is 1. The van der Waals surface area contributed by atoms with Crippen LogP contribution in [0.3, 0.4) is 0 Å². The molecule has 39 heavy (non-hydrogen) atoms. The van der Waals surface area contributed by atoms with Crippen LogP contribution in [0.2, 0.25) is 5.02 Å². The molecule has 1 aliphatic heterocycles. The molecule has 210 valence electrons. The number of unbranched alkanes of at least 4 members (excludes halogenated alkanes) is 2. The number of rotatable bonds is 13. The average Bonchev–Trinajstić information content (AvgIpc) is 2.95. The van der Waals surface area contributed by atoms with Gasteiger partial charge in [-0.15, -0.1) is 0 Å². The van der Waals surface area contributed by atoms with Crippen LogP contribution in [0.5, 0.6) is 5.75 Å². The molecule has 0 aliphatic carbocycles. The van der Waals surface area contributed by atoms with E-state index in [9.17, 15) is 19.7 Å². The number of amides is 2. The summed E-state index contributed by atoms with van der Waals surface area (Å²) in [6.45, 7) is 6.27.